The monoisotopic (exact) mass is 352 g/mol. The molecule has 130 valence electrons. The maximum atomic E-state index is 13.1. The first-order chi connectivity index (χ1) is 12.2. The van der Waals surface area contributed by atoms with Gasteiger partial charge in [0.1, 0.15) is 5.60 Å². The van der Waals surface area contributed by atoms with E-state index in [2.05, 4.69) is 37.3 Å². The average molecular weight is 352 g/mol. The standard InChI is InChI=1S/C22H24O2S/c1-22-18(15-17-9-4-2-5-10-17)16-20(13-8-14-21(22)24-22)25(23)19-11-6-3-7-12-19/h2-7,9-12,15,20-21H,8,13-14,16H2,1H3/b18-15+/t20-,21-,22+,25?/m1/s1. The third-order valence-corrected chi connectivity index (χ3v) is 7.19. The molecule has 0 amide bonds. The number of ether oxygens (including phenoxy) is 1. The number of hydrogen-bond donors (Lipinski definition) is 0. The van der Waals surface area contributed by atoms with Gasteiger partial charge < -0.3 is 4.74 Å². The molecule has 1 aliphatic carbocycles. The third kappa shape index (κ3) is 3.49. The lowest BCUT2D eigenvalue weighted by atomic mass is 9.86. The number of fused-ring (bicyclic) bond motifs is 1. The number of rotatable bonds is 3. The second-order valence-electron chi connectivity index (χ2n) is 7.16. The lowest BCUT2D eigenvalue weighted by Crippen LogP contribution is -2.25. The van der Waals surface area contributed by atoms with Crippen LogP contribution in [0.1, 0.15) is 38.2 Å². The SMILES string of the molecule is C[C@@]12O[C@@H]1CCC[C@@H](S(=O)c1ccccc1)C/C2=C\c1ccccc1. The molecule has 1 heterocycles. The van der Waals surface area contributed by atoms with Gasteiger partial charge in [0.05, 0.1) is 16.9 Å². The molecule has 1 saturated carbocycles. The molecule has 1 unspecified atom stereocenters. The van der Waals surface area contributed by atoms with Crippen LogP contribution in [-0.2, 0) is 15.5 Å². The van der Waals surface area contributed by atoms with Crippen LogP contribution in [0.2, 0.25) is 0 Å². The molecule has 2 aliphatic rings. The van der Waals surface area contributed by atoms with E-state index >= 15 is 0 Å². The summed E-state index contributed by atoms with van der Waals surface area (Å²) in [6.45, 7) is 2.19. The molecule has 4 rings (SSSR count). The Labute approximate surface area is 152 Å². The van der Waals surface area contributed by atoms with Gasteiger partial charge in [-0.2, -0.15) is 0 Å². The Morgan fingerprint density at radius 3 is 2.44 bits per heavy atom. The summed E-state index contributed by atoms with van der Waals surface area (Å²) in [5.41, 5.74) is 2.31. The largest absolute Gasteiger partial charge is 0.362 e. The predicted octanol–water partition coefficient (Wildman–Crippen LogP) is 4.98. The Hall–Kier alpha value is -1.71. The summed E-state index contributed by atoms with van der Waals surface area (Å²) in [6.07, 6.45) is 6.55. The van der Waals surface area contributed by atoms with Crippen molar-refractivity contribution in [3.63, 3.8) is 0 Å². The summed E-state index contributed by atoms with van der Waals surface area (Å²) >= 11 is 0. The fourth-order valence-corrected chi connectivity index (χ4v) is 5.36. The Morgan fingerprint density at radius 2 is 1.72 bits per heavy atom. The van der Waals surface area contributed by atoms with Crippen LogP contribution in [0, 0.1) is 0 Å². The van der Waals surface area contributed by atoms with E-state index in [9.17, 15) is 4.21 Å². The van der Waals surface area contributed by atoms with Crippen molar-refractivity contribution in [3.05, 3.63) is 71.8 Å². The normalized spacial score (nSPS) is 31.6. The molecule has 1 aliphatic heterocycles. The van der Waals surface area contributed by atoms with Gasteiger partial charge in [0.15, 0.2) is 0 Å². The van der Waals surface area contributed by atoms with Crippen molar-refractivity contribution in [1.82, 2.24) is 0 Å². The topological polar surface area (TPSA) is 29.6 Å². The van der Waals surface area contributed by atoms with Crippen molar-refractivity contribution in [2.24, 2.45) is 0 Å². The molecule has 2 aromatic carbocycles. The number of benzene rings is 2. The molecule has 0 aromatic heterocycles. The highest BCUT2D eigenvalue weighted by atomic mass is 32.2. The van der Waals surface area contributed by atoms with Crippen LogP contribution in [-0.4, -0.2) is 21.2 Å². The maximum Gasteiger partial charge on any atom is 0.113 e. The molecule has 2 nitrogen and oxygen atoms in total. The van der Waals surface area contributed by atoms with Crippen molar-refractivity contribution in [3.8, 4) is 0 Å². The Bertz CT molecular complexity index is 784. The minimum Gasteiger partial charge on any atom is -0.362 e. The molecule has 2 fully saturated rings. The first kappa shape index (κ1) is 16.7. The molecule has 3 heteroatoms. The van der Waals surface area contributed by atoms with Gasteiger partial charge in [0.25, 0.3) is 0 Å². The van der Waals surface area contributed by atoms with Crippen molar-refractivity contribution < 1.29 is 8.95 Å². The van der Waals surface area contributed by atoms with E-state index in [1.807, 2.05) is 36.4 Å². The molecule has 0 spiro atoms. The fourth-order valence-electron chi connectivity index (χ4n) is 3.84. The van der Waals surface area contributed by atoms with Crippen LogP contribution < -0.4 is 0 Å². The van der Waals surface area contributed by atoms with Gasteiger partial charge >= 0.3 is 0 Å². The molecule has 2 aromatic rings. The van der Waals surface area contributed by atoms with Crippen molar-refractivity contribution >= 4 is 16.9 Å². The van der Waals surface area contributed by atoms with E-state index in [0.29, 0.717) is 6.10 Å². The second-order valence-corrected chi connectivity index (χ2v) is 8.89. The van der Waals surface area contributed by atoms with Gasteiger partial charge in [0.2, 0.25) is 0 Å². The molecule has 0 radical (unpaired) electrons. The predicted molar refractivity (Wildman–Crippen MR) is 103 cm³/mol. The smallest absolute Gasteiger partial charge is 0.113 e. The van der Waals surface area contributed by atoms with E-state index < -0.39 is 10.8 Å². The van der Waals surface area contributed by atoms with Crippen LogP contribution in [0.25, 0.3) is 6.08 Å². The van der Waals surface area contributed by atoms with Crippen LogP contribution in [0.5, 0.6) is 0 Å². The molecular weight excluding hydrogens is 328 g/mol. The summed E-state index contributed by atoms with van der Waals surface area (Å²) in [6, 6.07) is 20.3. The van der Waals surface area contributed by atoms with Gasteiger partial charge in [0, 0.05) is 10.1 Å². The lowest BCUT2D eigenvalue weighted by Gasteiger charge is -2.23. The quantitative estimate of drug-likeness (QED) is 0.729. The Balaban J connectivity index is 1.64. The number of epoxide rings is 1. The highest BCUT2D eigenvalue weighted by Crippen LogP contribution is 2.49. The van der Waals surface area contributed by atoms with E-state index in [4.69, 9.17) is 4.74 Å². The third-order valence-electron chi connectivity index (χ3n) is 5.44. The van der Waals surface area contributed by atoms with Crippen LogP contribution in [0.15, 0.2) is 71.1 Å². The molecular formula is C22H24O2S. The van der Waals surface area contributed by atoms with E-state index in [1.165, 1.54) is 11.1 Å². The average Bonchev–Trinajstić information content (AvgIpc) is 3.30. The molecule has 25 heavy (non-hydrogen) atoms. The number of hydrogen-bond acceptors (Lipinski definition) is 2. The minimum absolute atomic E-state index is 0.152. The fraction of sp³-hybridized carbons (Fsp3) is 0.364. The zero-order valence-corrected chi connectivity index (χ0v) is 15.4. The van der Waals surface area contributed by atoms with Crippen molar-refractivity contribution in [2.45, 2.75) is 54.5 Å². The minimum atomic E-state index is -0.978. The van der Waals surface area contributed by atoms with E-state index in [-0.39, 0.29) is 10.9 Å². The summed E-state index contributed by atoms with van der Waals surface area (Å²) in [5.74, 6) is 0. The maximum absolute atomic E-state index is 13.1. The molecule has 0 bridgehead atoms. The first-order valence-corrected chi connectivity index (χ1v) is 10.3. The first-order valence-electron chi connectivity index (χ1n) is 9.06. The van der Waals surface area contributed by atoms with E-state index in [1.54, 1.807) is 0 Å². The lowest BCUT2D eigenvalue weighted by molar-refractivity contribution is 0.329. The highest BCUT2D eigenvalue weighted by molar-refractivity contribution is 7.85. The van der Waals surface area contributed by atoms with Gasteiger partial charge in [-0.05, 0) is 55.9 Å². The van der Waals surface area contributed by atoms with Crippen molar-refractivity contribution in [2.75, 3.05) is 0 Å². The van der Waals surface area contributed by atoms with Gasteiger partial charge in [-0.15, -0.1) is 0 Å². The Morgan fingerprint density at radius 1 is 1.04 bits per heavy atom. The molecule has 1 saturated heterocycles. The van der Waals surface area contributed by atoms with Crippen LogP contribution in [0.4, 0.5) is 0 Å². The summed E-state index contributed by atoms with van der Waals surface area (Å²) in [5, 5.41) is 0.152. The second kappa shape index (κ2) is 6.89. The molecule has 4 atom stereocenters. The molecule has 0 N–H and O–H groups in total. The zero-order chi connectivity index (χ0) is 17.3. The van der Waals surface area contributed by atoms with Crippen LogP contribution in [0.3, 0.4) is 0 Å². The van der Waals surface area contributed by atoms with Gasteiger partial charge in [-0.3, -0.25) is 4.21 Å². The Kier molecular flexibility index (Phi) is 4.61. The summed E-state index contributed by atoms with van der Waals surface area (Å²) in [7, 11) is -0.978. The highest BCUT2D eigenvalue weighted by Gasteiger charge is 2.55. The van der Waals surface area contributed by atoms with Crippen molar-refractivity contribution in [1.29, 1.82) is 0 Å². The zero-order valence-electron chi connectivity index (χ0n) is 14.6. The van der Waals surface area contributed by atoms with Gasteiger partial charge in [-0.25, -0.2) is 0 Å². The van der Waals surface area contributed by atoms with Crippen LogP contribution >= 0.6 is 0 Å². The van der Waals surface area contributed by atoms with Gasteiger partial charge in [-0.1, -0.05) is 54.6 Å². The van der Waals surface area contributed by atoms with E-state index in [0.717, 1.165) is 30.6 Å². The summed E-state index contributed by atoms with van der Waals surface area (Å²) < 4.78 is 19.2. The summed E-state index contributed by atoms with van der Waals surface area (Å²) in [4.78, 5) is 0.936.